The molecule has 0 spiro atoms. The van der Waals surface area contributed by atoms with E-state index in [9.17, 15) is 4.39 Å². The van der Waals surface area contributed by atoms with Crippen molar-refractivity contribution in [2.24, 2.45) is 21.8 Å². The van der Waals surface area contributed by atoms with E-state index in [0.717, 1.165) is 30.5 Å². The number of halogens is 2. The first kappa shape index (κ1) is 23.3. The van der Waals surface area contributed by atoms with Gasteiger partial charge in [-0.1, -0.05) is 40.3 Å². The zero-order chi connectivity index (χ0) is 19.4. The third kappa shape index (κ3) is 10.0. The van der Waals surface area contributed by atoms with Gasteiger partial charge in [0.1, 0.15) is 0 Å². The van der Waals surface area contributed by atoms with E-state index in [1.54, 1.807) is 13.0 Å². The Kier molecular flexibility index (Phi) is 11.8. The predicted molar refractivity (Wildman–Crippen MR) is 107 cm³/mol. The van der Waals surface area contributed by atoms with E-state index in [-0.39, 0.29) is 11.0 Å². The van der Waals surface area contributed by atoms with E-state index in [2.05, 4.69) is 44.3 Å². The van der Waals surface area contributed by atoms with Crippen molar-refractivity contribution in [1.82, 2.24) is 0 Å². The van der Waals surface area contributed by atoms with Crippen molar-refractivity contribution < 1.29 is 9.50 Å². The highest BCUT2D eigenvalue weighted by Crippen LogP contribution is 2.19. The van der Waals surface area contributed by atoms with Crippen molar-refractivity contribution in [2.75, 3.05) is 0 Å². The summed E-state index contributed by atoms with van der Waals surface area (Å²) in [5, 5.41) is 9.01. The van der Waals surface area contributed by atoms with Gasteiger partial charge in [0.2, 0.25) is 5.29 Å². The second-order valence-electron chi connectivity index (χ2n) is 6.00. The molecule has 0 radical (unpaired) electrons. The molecule has 1 aromatic rings. The Labute approximate surface area is 156 Å². The number of aryl methyl sites for hydroxylation is 1. The van der Waals surface area contributed by atoms with Crippen LogP contribution in [0.3, 0.4) is 0 Å². The van der Waals surface area contributed by atoms with Crippen molar-refractivity contribution in [2.45, 2.75) is 53.9 Å². The molecule has 1 aromatic carbocycles. The molecule has 5 heteroatoms. The van der Waals surface area contributed by atoms with Crippen LogP contribution in [0.25, 0.3) is 0 Å². The summed E-state index contributed by atoms with van der Waals surface area (Å²) < 4.78 is 12.2. The number of aromatic hydroxyl groups is 1. The Morgan fingerprint density at radius 3 is 2.32 bits per heavy atom. The van der Waals surface area contributed by atoms with E-state index < -0.39 is 5.82 Å². The van der Waals surface area contributed by atoms with Gasteiger partial charge >= 0.3 is 0 Å². The summed E-state index contributed by atoms with van der Waals surface area (Å²) in [4.78, 5) is 8.33. The molecule has 140 valence electrons. The molecule has 0 saturated carbocycles. The SMILES string of the molecule is C=C(N=C(Cl)/N=C\C(C)CC)C(CC)CC.Cc1ccc(F)c(O)c1. The van der Waals surface area contributed by atoms with Gasteiger partial charge in [0.15, 0.2) is 11.6 Å². The van der Waals surface area contributed by atoms with Crippen LogP contribution in [0.2, 0.25) is 0 Å². The molecule has 0 aliphatic heterocycles. The molecule has 1 rings (SSSR count). The fourth-order valence-electron chi connectivity index (χ4n) is 1.92. The van der Waals surface area contributed by atoms with E-state index in [1.807, 2.05) is 6.21 Å². The largest absolute Gasteiger partial charge is 0.505 e. The number of allylic oxidation sites excluding steroid dienone is 1. The van der Waals surface area contributed by atoms with Gasteiger partial charge in [-0.3, -0.25) is 0 Å². The minimum atomic E-state index is -0.569. The molecule has 0 aliphatic rings. The van der Waals surface area contributed by atoms with E-state index in [1.165, 1.54) is 12.1 Å². The second-order valence-corrected chi connectivity index (χ2v) is 6.34. The number of phenols is 1. The van der Waals surface area contributed by atoms with Crippen LogP contribution in [-0.2, 0) is 0 Å². The van der Waals surface area contributed by atoms with Crippen LogP contribution in [0.4, 0.5) is 4.39 Å². The molecular formula is C20H30ClFN2O. The quantitative estimate of drug-likeness (QED) is 0.348. The van der Waals surface area contributed by atoms with Gasteiger partial charge in [-0.2, -0.15) is 0 Å². The van der Waals surface area contributed by atoms with Crippen LogP contribution >= 0.6 is 11.6 Å². The summed E-state index contributed by atoms with van der Waals surface area (Å²) in [6.45, 7) is 14.2. The molecule has 25 heavy (non-hydrogen) atoms. The van der Waals surface area contributed by atoms with Crippen LogP contribution in [-0.4, -0.2) is 16.6 Å². The van der Waals surface area contributed by atoms with Gasteiger partial charge < -0.3 is 5.11 Å². The van der Waals surface area contributed by atoms with Gasteiger partial charge in [0, 0.05) is 17.8 Å². The average Bonchev–Trinajstić information content (AvgIpc) is 2.58. The average molecular weight is 369 g/mol. The summed E-state index contributed by atoms with van der Waals surface area (Å²) in [5.74, 6) is -0.00601. The molecule has 0 bridgehead atoms. The van der Waals surface area contributed by atoms with Gasteiger partial charge in [-0.05, 0) is 61.4 Å². The predicted octanol–water partition coefficient (Wildman–Crippen LogP) is 6.49. The summed E-state index contributed by atoms with van der Waals surface area (Å²) in [7, 11) is 0. The molecule has 3 nitrogen and oxygen atoms in total. The summed E-state index contributed by atoms with van der Waals surface area (Å²) >= 11 is 5.93. The second kappa shape index (κ2) is 12.6. The van der Waals surface area contributed by atoms with Crippen LogP contribution in [0.1, 0.15) is 52.5 Å². The Balaban J connectivity index is 0.000000535. The first-order chi connectivity index (χ1) is 11.7. The number of nitrogens with zero attached hydrogens (tertiary/aromatic N) is 2. The van der Waals surface area contributed by atoms with E-state index in [4.69, 9.17) is 16.7 Å². The van der Waals surface area contributed by atoms with Gasteiger partial charge in [0.05, 0.1) is 0 Å². The monoisotopic (exact) mass is 368 g/mol. The van der Waals surface area contributed by atoms with E-state index in [0.29, 0.717) is 11.8 Å². The number of amidine groups is 1. The lowest BCUT2D eigenvalue weighted by atomic mass is 10.0. The Hall–Kier alpha value is -1.68. The highest BCUT2D eigenvalue weighted by atomic mass is 35.5. The number of hydrogen-bond acceptors (Lipinski definition) is 2. The molecular weight excluding hydrogens is 339 g/mol. The molecule has 0 amide bonds. The number of rotatable bonds is 6. The molecule has 1 unspecified atom stereocenters. The summed E-state index contributed by atoms with van der Waals surface area (Å²) in [5.41, 5.74) is 1.69. The Bertz CT molecular complexity index is 595. The van der Waals surface area contributed by atoms with Crippen LogP contribution in [0.15, 0.2) is 40.5 Å². The minimum absolute atomic E-state index is 0.282. The maximum atomic E-state index is 12.2. The highest BCUT2D eigenvalue weighted by Gasteiger charge is 2.07. The van der Waals surface area contributed by atoms with Crippen LogP contribution < -0.4 is 0 Å². The molecule has 0 aliphatic carbocycles. The van der Waals surface area contributed by atoms with Crippen LogP contribution in [0, 0.1) is 24.6 Å². The maximum Gasteiger partial charge on any atom is 0.222 e. The van der Waals surface area contributed by atoms with Crippen molar-refractivity contribution in [3.05, 3.63) is 41.9 Å². The Morgan fingerprint density at radius 2 is 1.88 bits per heavy atom. The fourth-order valence-corrected chi connectivity index (χ4v) is 2.08. The number of aliphatic imine (C=N–C) groups is 2. The lowest BCUT2D eigenvalue weighted by Gasteiger charge is -2.10. The third-order valence-corrected chi connectivity index (χ3v) is 4.06. The number of benzene rings is 1. The number of hydrogen-bond donors (Lipinski definition) is 1. The summed E-state index contributed by atoms with van der Waals surface area (Å²) in [6, 6.07) is 4.23. The lowest BCUT2D eigenvalue weighted by molar-refractivity contribution is 0.432. The minimum Gasteiger partial charge on any atom is -0.505 e. The zero-order valence-electron chi connectivity index (χ0n) is 15.9. The van der Waals surface area contributed by atoms with Crippen molar-refractivity contribution in [3.63, 3.8) is 0 Å². The van der Waals surface area contributed by atoms with Gasteiger partial charge in [-0.25, -0.2) is 14.4 Å². The van der Waals surface area contributed by atoms with Gasteiger partial charge in [0.25, 0.3) is 0 Å². The fraction of sp³-hybridized carbons (Fsp3) is 0.500. The summed E-state index contributed by atoms with van der Waals surface area (Å²) in [6.07, 6.45) is 4.98. The standard InChI is InChI=1S/C13H23ClN2.C7H7FO/c1-6-10(4)9-15-13(14)16-11(5)12(7-2)8-3;1-5-2-3-6(8)7(9)4-5/h9-10,12H,5-8H2,1-4H3;2-4,9H,1H3/b15-9-,16-13?;. The normalized spacial score (nSPS) is 12.9. The lowest BCUT2D eigenvalue weighted by Crippen LogP contribution is -2.00. The third-order valence-electron chi connectivity index (χ3n) is 3.87. The molecule has 0 aromatic heterocycles. The first-order valence-electron chi connectivity index (χ1n) is 8.67. The van der Waals surface area contributed by atoms with E-state index >= 15 is 0 Å². The zero-order valence-corrected chi connectivity index (χ0v) is 16.6. The number of phenolic OH excluding ortho intramolecular Hbond substituents is 1. The molecule has 1 atom stereocenters. The molecule has 0 fully saturated rings. The van der Waals surface area contributed by atoms with Crippen molar-refractivity contribution in [1.29, 1.82) is 0 Å². The van der Waals surface area contributed by atoms with Crippen molar-refractivity contribution >= 4 is 23.1 Å². The first-order valence-corrected chi connectivity index (χ1v) is 9.05. The molecule has 0 saturated heterocycles. The van der Waals surface area contributed by atoms with Crippen molar-refractivity contribution in [3.8, 4) is 5.75 Å². The topological polar surface area (TPSA) is 45.0 Å². The molecule has 1 N–H and O–H groups in total. The Morgan fingerprint density at radius 1 is 1.28 bits per heavy atom. The van der Waals surface area contributed by atoms with Gasteiger partial charge in [-0.15, -0.1) is 0 Å². The molecule has 0 heterocycles. The maximum absolute atomic E-state index is 12.2. The smallest absolute Gasteiger partial charge is 0.222 e. The van der Waals surface area contributed by atoms with Crippen LogP contribution in [0.5, 0.6) is 5.75 Å². The highest BCUT2D eigenvalue weighted by molar-refractivity contribution is 6.65.